The zero-order valence-corrected chi connectivity index (χ0v) is 13.9. The highest BCUT2D eigenvalue weighted by Crippen LogP contribution is 2.20. The SMILES string of the molecule is Cc1cc(N(CC(N)=O)CC(C)C)ccc1CNC(C)C. The molecule has 0 atom stereocenters. The zero-order chi connectivity index (χ0) is 16.0. The number of nitrogens with one attached hydrogen (secondary N) is 1. The van der Waals surface area contributed by atoms with E-state index in [0.717, 1.165) is 18.8 Å². The number of anilines is 1. The molecule has 0 fully saturated rings. The first kappa shape index (κ1) is 17.5. The first-order valence-electron chi connectivity index (χ1n) is 7.65. The van der Waals surface area contributed by atoms with Crippen molar-refractivity contribution in [1.82, 2.24) is 5.32 Å². The van der Waals surface area contributed by atoms with Crippen molar-refractivity contribution in [2.45, 2.75) is 47.2 Å². The van der Waals surface area contributed by atoms with Crippen LogP contribution in [-0.4, -0.2) is 25.0 Å². The quantitative estimate of drug-likeness (QED) is 0.773. The molecule has 0 aromatic heterocycles. The lowest BCUT2D eigenvalue weighted by molar-refractivity contribution is -0.116. The maximum absolute atomic E-state index is 11.3. The van der Waals surface area contributed by atoms with E-state index in [9.17, 15) is 4.79 Å². The van der Waals surface area contributed by atoms with Crippen LogP contribution in [0, 0.1) is 12.8 Å². The monoisotopic (exact) mass is 291 g/mol. The van der Waals surface area contributed by atoms with Gasteiger partial charge in [-0.1, -0.05) is 33.8 Å². The molecule has 4 heteroatoms. The van der Waals surface area contributed by atoms with Crippen molar-refractivity contribution < 1.29 is 4.79 Å². The Morgan fingerprint density at radius 1 is 1.29 bits per heavy atom. The van der Waals surface area contributed by atoms with E-state index in [4.69, 9.17) is 5.73 Å². The fraction of sp³-hybridized carbons (Fsp3) is 0.588. The summed E-state index contributed by atoms with van der Waals surface area (Å²) in [4.78, 5) is 13.3. The van der Waals surface area contributed by atoms with Gasteiger partial charge in [0.05, 0.1) is 6.54 Å². The zero-order valence-electron chi connectivity index (χ0n) is 13.9. The Morgan fingerprint density at radius 2 is 1.95 bits per heavy atom. The van der Waals surface area contributed by atoms with Gasteiger partial charge >= 0.3 is 0 Å². The van der Waals surface area contributed by atoms with E-state index in [-0.39, 0.29) is 12.5 Å². The van der Waals surface area contributed by atoms with Gasteiger partial charge in [-0.3, -0.25) is 4.79 Å². The molecule has 0 heterocycles. The lowest BCUT2D eigenvalue weighted by Crippen LogP contribution is -2.36. The minimum absolute atomic E-state index is 0.265. The molecular formula is C17H29N3O. The number of rotatable bonds is 8. The van der Waals surface area contributed by atoms with Crippen LogP contribution in [0.25, 0.3) is 0 Å². The number of carbonyl (C=O) groups excluding carboxylic acids is 1. The van der Waals surface area contributed by atoms with Gasteiger partial charge in [-0.25, -0.2) is 0 Å². The average molecular weight is 291 g/mol. The van der Waals surface area contributed by atoms with Crippen molar-refractivity contribution in [2.24, 2.45) is 11.7 Å². The van der Waals surface area contributed by atoms with E-state index in [2.05, 4.69) is 63.0 Å². The maximum Gasteiger partial charge on any atom is 0.236 e. The first-order valence-corrected chi connectivity index (χ1v) is 7.65. The molecule has 1 aromatic carbocycles. The Bertz CT molecular complexity index is 469. The molecule has 118 valence electrons. The van der Waals surface area contributed by atoms with Gasteiger partial charge in [-0.15, -0.1) is 0 Å². The third-order valence-corrected chi connectivity index (χ3v) is 3.32. The third kappa shape index (κ3) is 6.17. The summed E-state index contributed by atoms with van der Waals surface area (Å²) in [5.74, 6) is 0.186. The molecular weight excluding hydrogens is 262 g/mol. The third-order valence-electron chi connectivity index (χ3n) is 3.32. The van der Waals surface area contributed by atoms with E-state index in [0.29, 0.717) is 12.0 Å². The number of aryl methyl sites for hydroxylation is 1. The maximum atomic E-state index is 11.3. The second kappa shape index (κ2) is 8.03. The molecule has 1 aromatic rings. The molecule has 0 radical (unpaired) electrons. The summed E-state index contributed by atoms with van der Waals surface area (Å²) in [6.07, 6.45) is 0. The molecule has 0 aliphatic carbocycles. The van der Waals surface area contributed by atoms with E-state index in [1.165, 1.54) is 11.1 Å². The summed E-state index contributed by atoms with van der Waals surface area (Å²) < 4.78 is 0. The minimum atomic E-state index is -0.293. The molecule has 0 unspecified atom stereocenters. The molecule has 0 bridgehead atoms. The number of nitrogens with two attached hydrogens (primary N) is 1. The highest BCUT2D eigenvalue weighted by atomic mass is 16.1. The first-order chi connectivity index (χ1) is 9.79. The number of hydrogen-bond acceptors (Lipinski definition) is 3. The van der Waals surface area contributed by atoms with Crippen LogP contribution in [0.3, 0.4) is 0 Å². The highest BCUT2D eigenvalue weighted by molar-refractivity contribution is 5.79. The molecule has 0 spiro atoms. The molecule has 0 saturated carbocycles. The lowest BCUT2D eigenvalue weighted by atomic mass is 10.1. The van der Waals surface area contributed by atoms with Crippen molar-refractivity contribution in [3.8, 4) is 0 Å². The molecule has 21 heavy (non-hydrogen) atoms. The number of benzene rings is 1. The Kier molecular flexibility index (Phi) is 6.69. The Hall–Kier alpha value is -1.55. The molecule has 1 amide bonds. The fourth-order valence-electron chi connectivity index (χ4n) is 2.28. The number of nitrogens with zero attached hydrogens (tertiary/aromatic N) is 1. The summed E-state index contributed by atoms with van der Waals surface area (Å²) in [5, 5.41) is 3.43. The lowest BCUT2D eigenvalue weighted by Gasteiger charge is -2.26. The van der Waals surface area contributed by atoms with Gasteiger partial charge in [-0.05, 0) is 36.1 Å². The Balaban J connectivity index is 2.89. The molecule has 0 saturated heterocycles. The number of amides is 1. The van der Waals surface area contributed by atoms with Crippen molar-refractivity contribution in [3.63, 3.8) is 0 Å². The van der Waals surface area contributed by atoms with Crippen LogP contribution >= 0.6 is 0 Å². The number of primary amides is 1. The Morgan fingerprint density at radius 3 is 2.43 bits per heavy atom. The molecule has 0 aliphatic rings. The van der Waals surface area contributed by atoms with Gasteiger partial charge < -0.3 is 16.0 Å². The predicted octanol–water partition coefficient (Wildman–Crippen LogP) is 2.44. The van der Waals surface area contributed by atoms with Crippen LogP contribution in [0.15, 0.2) is 18.2 Å². The van der Waals surface area contributed by atoms with Gasteiger partial charge in [-0.2, -0.15) is 0 Å². The van der Waals surface area contributed by atoms with Crippen LogP contribution in [0.1, 0.15) is 38.8 Å². The predicted molar refractivity (Wildman–Crippen MR) is 89.4 cm³/mol. The number of carbonyl (C=O) groups is 1. The summed E-state index contributed by atoms with van der Waals surface area (Å²) >= 11 is 0. The topological polar surface area (TPSA) is 58.4 Å². The molecule has 0 aliphatic heterocycles. The van der Waals surface area contributed by atoms with E-state index in [1.807, 2.05) is 0 Å². The van der Waals surface area contributed by atoms with Gasteiger partial charge in [0.1, 0.15) is 0 Å². The van der Waals surface area contributed by atoms with Crippen LogP contribution in [0.5, 0.6) is 0 Å². The normalized spacial score (nSPS) is 11.2. The second-order valence-electron chi connectivity index (χ2n) is 6.39. The van der Waals surface area contributed by atoms with Gasteiger partial charge in [0.2, 0.25) is 5.91 Å². The van der Waals surface area contributed by atoms with Crippen molar-refractivity contribution in [2.75, 3.05) is 18.0 Å². The van der Waals surface area contributed by atoms with Crippen molar-refractivity contribution in [1.29, 1.82) is 0 Å². The van der Waals surface area contributed by atoms with Crippen LogP contribution in [0.4, 0.5) is 5.69 Å². The van der Waals surface area contributed by atoms with E-state index in [1.54, 1.807) is 0 Å². The summed E-state index contributed by atoms with van der Waals surface area (Å²) in [6, 6.07) is 6.82. The Labute approximate surface area is 128 Å². The largest absolute Gasteiger partial charge is 0.368 e. The van der Waals surface area contributed by atoms with Crippen molar-refractivity contribution >= 4 is 11.6 Å². The average Bonchev–Trinajstić information content (AvgIpc) is 2.35. The van der Waals surface area contributed by atoms with Crippen LogP contribution < -0.4 is 16.0 Å². The highest BCUT2D eigenvalue weighted by Gasteiger charge is 2.12. The second-order valence-corrected chi connectivity index (χ2v) is 6.39. The van der Waals surface area contributed by atoms with E-state index < -0.39 is 0 Å². The van der Waals surface area contributed by atoms with Gasteiger partial charge in [0.15, 0.2) is 0 Å². The summed E-state index contributed by atoms with van der Waals surface area (Å²) in [7, 11) is 0. The molecule has 1 rings (SSSR count). The molecule has 3 N–H and O–H groups in total. The van der Waals surface area contributed by atoms with Crippen LogP contribution in [-0.2, 0) is 11.3 Å². The standard InChI is InChI=1S/C17H29N3O/c1-12(2)10-20(11-17(18)21)16-7-6-15(14(5)8-16)9-19-13(3)4/h6-8,12-13,19H,9-11H2,1-5H3,(H2,18,21). The van der Waals surface area contributed by atoms with Gasteiger partial charge in [0.25, 0.3) is 0 Å². The van der Waals surface area contributed by atoms with Gasteiger partial charge in [0, 0.05) is 24.8 Å². The minimum Gasteiger partial charge on any atom is -0.368 e. The smallest absolute Gasteiger partial charge is 0.236 e. The molecule has 4 nitrogen and oxygen atoms in total. The summed E-state index contributed by atoms with van der Waals surface area (Å²) in [5.41, 5.74) is 8.95. The number of hydrogen-bond donors (Lipinski definition) is 2. The van der Waals surface area contributed by atoms with Crippen LogP contribution in [0.2, 0.25) is 0 Å². The van der Waals surface area contributed by atoms with E-state index >= 15 is 0 Å². The van der Waals surface area contributed by atoms with Crippen molar-refractivity contribution in [3.05, 3.63) is 29.3 Å². The fourth-order valence-corrected chi connectivity index (χ4v) is 2.28. The summed E-state index contributed by atoms with van der Waals surface area (Å²) in [6.45, 7) is 12.6.